The molecule has 0 spiro atoms. The first-order chi connectivity index (χ1) is 10.5. The van der Waals surface area contributed by atoms with Crippen LogP contribution in [0.15, 0.2) is 0 Å². The molecule has 3 heteroatoms. The first-order valence-corrected chi connectivity index (χ1v) is 9.44. The van der Waals surface area contributed by atoms with Gasteiger partial charge in [-0.15, -0.1) is 0 Å². The molecule has 1 nitrogen and oxygen atoms in total. The summed E-state index contributed by atoms with van der Waals surface area (Å²) < 4.78 is 34.0. The minimum atomic E-state index is -0.936. The van der Waals surface area contributed by atoms with Crippen molar-refractivity contribution in [1.29, 1.82) is 0 Å². The molecule has 0 aromatic heterocycles. The van der Waals surface area contributed by atoms with Crippen LogP contribution >= 0.6 is 0 Å². The van der Waals surface area contributed by atoms with Crippen molar-refractivity contribution in [1.82, 2.24) is 0 Å². The normalized spacial score (nSPS) is 50.7. The van der Waals surface area contributed by atoms with E-state index in [1.165, 1.54) is 25.7 Å². The van der Waals surface area contributed by atoms with Crippen molar-refractivity contribution in [2.45, 2.75) is 83.7 Å². The van der Waals surface area contributed by atoms with Crippen LogP contribution in [0.5, 0.6) is 0 Å². The fraction of sp³-hybridized carbons (Fsp3) is 1.00. The molecule has 3 fully saturated rings. The highest BCUT2D eigenvalue weighted by Gasteiger charge is 2.40. The predicted molar refractivity (Wildman–Crippen MR) is 85.3 cm³/mol. The standard InChI is InChI=1S/C19H32F2O/c1-12-3-8-19(22-11-12)15-6-4-14(5-7-15)16-9-17(20)13(2)18(21)10-16/h12-19H,3-11H2,1-2H3. The molecule has 128 valence electrons. The largest absolute Gasteiger partial charge is 0.378 e. The van der Waals surface area contributed by atoms with Crippen LogP contribution in [0, 0.1) is 29.6 Å². The summed E-state index contributed by atoms with van der Waals surface area (Å²) in [7, 11) is 0. The molecular weight excluding hydrogens is 282 g/mol. The van der Waals surface area contributed by atoms with E-state index >= 15 is 0 Å². The van der Waals surface area contributed by atoms with Crippen molar-refractivity contribution in [3.8, 4) is 0 Å². The maximum Gasteiger partial charge on any atom is 0.106 e. The molecule has 3 aliphatic rings. The van der Waals surface area contributed by atoms with E-state index in [1.54, 1.807) is 6.92 Å². The quantitative estimate of drug-likeness (QED) is 0.669. The van der Waals surface area contributed by atoms with Crippen LogP contribution in [-0.2, 0) is 4.74 Å². The Bertz CT molecular complexity index is 333. The summed E-state index contributed by atoms with van der Waals surface area (Å²) in [6.45, 7) is 4.90. The Kier molecular flexibility index (Phi) is 5.42. The average Bonchev–Trinajstić information content (AvgIpc) is 2.53. The zero-order valence-corrected chi connectivity index (χ0v) is 14.1. The third-order valence-electron chi connectivity index (χ3n) is 6.74. The van der Waals surface area contributed by atoms with E-state index < -0.39 is 18.3 Å². The van der Waals surface area contributed by atoms with E-state index in [4.69, 9.17) is 4.74 Å². The summed E-state index contributed by atoms with van der Waals surface area (Å²) in [5, 5.41) is 0. The van der Waals surface area contributed by atoms with Crippen molar-refractivity contribution < 1.29 is 13.5 Å². The number of rotatable bonds is 2. The molecule has 4 unspecified atom stereocenters. The molecule has 2 aliphatic carbocycles. The number of hydrogen-bond acceptors (Lipinski definition) is 1. The van der Waals surface area contributed by atoms with Crippen LogP contribution in [0.4, 0.5) is 8.78 Å². The van der Waals surface area contributed by atoms with Crippen molar-refractivity contribution in [2.75, 3.05) is 6.61 Å². The van der Waals surface area contributed by atoms with Gasteiger partial charge in [-0.25, -0.2) is 8.78 Å². The third kappa shape index (κ3) is 3.66. The molecule has 2 saturated carbocycles. The fourth-order valence-electron chi connectivity index (χ4n) is 4.98. The summed E-state index contributed by atoms with van der Waals surface area (Å²) in [4.78, 5) is 0. The molecule has 0 bridgehead atoms. The van der Waals surface area contributed by atoms with Crippen LogP contribution < -0.4 is 0 Å². The number of alkyl halides is 2. The molecular formula is C19H32F2O. The summed E-state index contributed by atoms with van der Waals surface area (Å²) in [6.07, 6.45) is 6.96. The van der Waals surface area contributed by atoms with Gasteiger partial charge >= 0.3 is 0 Å². The van der Waals surface area contributed by atoms with Crippen LogP contribution in [0.1, 0.15) is 65.2 Å². The van der Waals surface area contributed by atoms with Gasteiger partial charge in [-0.1, -0.05) is 13.8 Å². The monoisotopic (exact) mass is 314 g/mol. The van der Waals surface area contributed by atoms with Gasteiger partial charge in [-0.2, -0.15) is 0 Å². The van der Waals surface area contributed by atoms with Crippen molar-refractivity contribution >= 4 is 0 Å². The minimum Gasteiger partial charge on any atom is -0.378 e. The van der Waals surface area contributed by atoms with Crippen LogP contribution in [0.3, 0.4) is 0 Å². The molecule has 1 aliphatic heterocycles. The summed E-state index contributed by atoms with van der Waals surface area (Å²) in [5.41, 5.74) is 0. The molecule has 3 rings (SSSR count). The van der Waals surface area contributed by atoms with Gasteiger partial charge in [0.15, 0.2) is 0 Å². The maximum atomic E-state index is 14.0. The van der Waals surface area contributed by atoms with Gasteiger partial charge in [0, 0.05) is 12.5 Å². The third-order valence-corrected chi connectivity index (χ3v) is 6.74. The summed E-state index contributed by atoms with van der Waals surface area (Å²) in [5.74, 6) is 1.82. The molecule has 22 heavy (non-hydrogen) atoms. The highest BCUT2D eigenvalue weighted by molar-refractivity contribution is 4.90. The molecule has 4 atom stereocenters. The Hall–Kier alpha value is -0.180. The van der Waals surface area contributed by atoms with Crippen molar-refractivity contribution in [3.05, 3.63) is 0 Å². The Balaban J connectivity index is 1.47. The second kappa shape index (κ2) is 7.15. The van der Waals surface area contributed by atoms with Gasteiger partial charge in [-0.05, 0) is 75.0 Å². The maximum absolute atomic E-state index is 14.0. The number of hydrogen-bond donors (Lipinski definition) is 0. The molecule has 0 aromatic carbocycles. The van der Waals surface area contributed by atoms with E-state index in [0.717, 1.165) is 19.4 Å². The predicted octanol–water partition coefficient (Wildman–Crippen LogP) is 5.33. The van der Waals surface area contributed by atoms with E-state index in [-0.39, 0.29) is 5.92 Å². The lowest BCUT2D eigenvalue weighted by atomic mass is 9.67. The lowest BCUT2D eigenvalue weighted by Gasteiger charge is -2.42. The van der Waals surface area contributed by atoms with Crippen molar-refractivity contribution in [3.63, 3.8) is 0 Å². The molecule has 0 radical (unpaired) electrons. The number of ether oxygens (including phenoxy) is 1. The highest BCUT2D eigenvalue weighted by Crippen LogP contribution is 2.44. The Morgan fingerprint density at radius 2 is 1.32 bits per heavy atom. The first-order valence-electron chi connectivity index (χ1n) is 9.44. The van der Waals surface area contributed by atoms with Crippen molar-refractivity contribution in [2.24, 2.45) is 29.6 Å². The van der Waals surface area contributed by atoms with E-state index in [1.807, 2.05) is 0 Å². The molecule has 0 amide bonds. The van der Waals surface area contributed by atoms with Gasteiger partial charge < -0.3 is 4.74 Å². The zero-order valence-electron chi connectivity index (χ0n) is 14.1. The zero-order chi connectivity index (χ0) is 15.7. The smallest absolute Gasteiger partial charge is 0.106 e. The number of halogens is 2. The SMILES string of the molecule is CC1CCC(C2CCC(C3CC(F)C(C)C(F)C3)CC2)OC1. The molecule has 1 heterocycles. The lowest BCUT2D eigenvalue weighted by molar-refractivity contribution is -0.0594. The van der Waals surface area contributed by atoms with Crippen LogP contribution in [0.25, 0.3) is 0 Å². The molecule has 0 aromatic rings. The Labute approximate surface area is 134 Å². The highest BCUT2D eigenvalue weighted by atomic mass is 19.1. The molecule has 1 saturated heterocycles. The average molecular weight is 314 g/mol. The Morgan fingerprint density at radius 1 is 0.727 bits per heavy atom. The fourth-order valence-corrected chi connectivity index (χ4v) is 4.98. The van der Waals surface area contributed by atoms with Gasteiger partial charge in [0.25, 0.3) is 0 Å². The van der Waals surface area contributed by atoms with E-state index in [2.05, 4.69) is 6.92 Å². The van der Waals surface area contributed by atoms with Crippen LogP contribution in [-0.4, -0.2) is 25.1 Å². The van der Waals surface area contributed by atoms with Gasteiger partial charge in [-0.3, -0.25) is 0 Å². The van der Waals surface area contributed by atoms with E-state index in [9.17, 15) is 8.78 Å². The van der Waals surface area contributed by atoms with Gasteiger partial charge in [0.05, 0.1) is 6.10 Å². The minimum absolute atomic E-state index is 0.273. The second-order valence-corrected chi connectivity index (χ2v) is 8.35. The summed E-state index contributed by atoms with van der Waals surface area (Å²) in [6, 6.07) is 0. The van der Waals surface area contributed by atoms with E-state index in [0.29, 0.717) is 36.7 Å². The second-order valence-electron chi connectivity index (χ2n) is 8.35. The summed E-state index contributed by atoms with van der Waals surface area (Å²) >= 11 is 0. The Morgan fingerprint density at radius 3 is 1.86 bits per heavy atom. The topological polar surface area (TPSA) is 9.23 Å². The van der Waals surface area contributed by atoms with Crippen LogP contribution in [0.2, 0.25) is 0 Å². The first kappa shape index (κ1) is 16.7. The molecule has 0 N–H and O–H groups in total. The lowest BCUT2D eigenvalue weighted by Crippen LogP contribution is -2.39. The van der Waals surface area contributed by atoms with Gasteiger partial charge in [0.2, 0.25) is 0 Å². The van der Waals surface area contributed by atoms with Gasteiger partial charge in [0.1, 0.15) is 12.3 Å².